The van der Waals surface area contributed by atoms with Gasteiger partial charge in [-0.1, -0.05) is 17.7 Å². The molecule has 0 radical (unpaired) electrons. The molecule has 0 saturated heterocycles. The van der Waals surface area contributed by atoms with Gasteiger partial charge in [-0.05, 0) is 30.7 Å². The number of anilines is 1. The molecule has 0 aliphatic heterocycles. The molecule has 128 valence electrons. The van der Waals surface area contributed by atoms with Crippen LogP contribution in [0.3, 0.4) is 0 Å². The summed E-state index contributed by atoms with van der Waals surface area (Å²) in [5, 5.41) is 9.50. The monoisotopic (exact) mass is 360 g/mol. The zero-order valence-electron chi connectivity index (χ0n) is 13.4. The number of nitrogens with one attached hydrogen (secondary N) is 2. The third-order valence-corrected chi connectivity index (χ3v) is 3.90. The Kier molecular flexibility index (Phi) is 4.67. The van der Waals surface area contributed by atoms with Crippen molar-refractivity contribution >= 4 is 23.2 Å². The van der Waals surface area contributed by atoms with Crippen molar-refractivity contribution in [3.63, 3.8) is 0 Å². The first-order valence-electron chi connectivity index (χ1n) is 7.31. The Balaban J connectivity index is 1.84. The lowest BCUT2D eigenvalue weighted by molar-refractivity contribution is 0.102. The first-order chi connectivity index (χ1) is 12.0. The predicted molar refractivity (Wildman–Crippen MR) is 92.5 cm³/mol. The number of aromatic nitrogens is 3. The van der Waals surface area contributed by atoms with Crippen LogP contribution in [0.4, 0.5) is 10.1 Å². The molecule has 0 fully saturated rings. The second-order valence-corrected chi connectivity index (χ2v) is 5.67. The van der Waals surface area contributed by atoms with Crippen molar-refractivity contribution in [1.82, 2.24) is 15.2 Å². The van der Waals surface area contributed by atoms with E-state index in [4.69, 9.17) is 16.3 Å². The van der Waals surface area contributed by atoms with Gasteiger partial charge in [0.25, 0.3) is 5.91 Å². The molecule has 6 nitrogen and oxygen atoms in total. The Morgan fingerprint density at radius 1 is 1.36 bits per heavy atom. The molecule has 3 rings (SSSR count). The average Bonchev–Trinajstić information content (AvgIpc) is 3.06. The number of hydrogen-bond acceptors (Lipinski definition) is 4. The van der Waals surface area contributed by atoms with Crippen LogP contribution in [0.15, 0.2) is 36.5 Å². The number of hydrogen-bond donors (Lipinski definition) is 2. The molecule has 0 aliphatic carbocycles. The van der Waals surface area contributed by atoms with Gasteiger partial charge in [0.2, 0.25) is 5.88 Å². The molecular formula is C17H14ClFN4O2. The maximum atomic E-state index is 14.0. The maximum Gasteiger partial charge on any atom is 0.273 e. The van der Waals surface area contributed by atoms with Gasteiger partial charge in [-0.2, -0.15) is 5.10 Å². The van der Waals surface area contributed by atoms with Gasteiger partial charge in [-0.3, -0.25) is 9.89 Å². The van der Waals surface area contributed by atoms with Crippen LogP contribution in [0.5, 0.6) is 5.88 Å². The molecule has 0 aliphatic rings. The van der Waals surface area contributed by atoms with Crippen molar-refractivity contribution in [2.45, 2.75) is 6.92 Å². The lowest BCUT2D eigenvalue weighted by Crippen LogP contribution is -2.13. The second-order valence-electron chi connectivity index (χ2n) is 5.26. The zero-order chi connectivity index (χ0) is 18.0. The molecule has 3 aromatic rings. The van der Waals surface area contributed by atoms with Crippen LogP contribution in [0.25, 0.3) is 11.3 Å². The highest BCUT2D eigenvalue weighted by molar-refractivity contribution is 6.33. The van der Waals surface area contributed by atoms with E-state index in [1.165, 1.54) is 31.5 Å². The van der Waals surface area contributed by atoms with Gasteiger partial charge in [0.1, 0.15) is 11.5 Å². The summed E-state index contributed by atoms with van der Waals surface area (Å²) in [6, 6.07) is 7.47. The van der Waals surface area contributed by atoms with E-state index in [1.54, 1.807) is 12.1 Å². The molecule has 1 aromatic carbocycles. The second kappa shape index (κ2) is 6.90. The van der Waals surface area contributed by atoms with Crippen molar-refractivity contribution in [3.8, 4) is 17.1 Å². The molecule has 1 amide bonds. The molecular weight excluding hydrogens is 347 g/mol. The van der Waals surface area contributed by atoms with Crippen LogP contribution in [0, 0.1) is 12.7 Å². The van der Waals surface area contributed by atoms with Crippen molar-refractivity contribution in [3.05, 3.63) is 58.6 Å². The standard InChI is InChI=1S/C17H14ClFN4O2/c1-9-6-15(25-2)20-8-14(9)21-17(24)13-7-12(22-23-13)16-10(18)4-3-5-11(16)19/h3-8H,1-2H3,(H,21,24)(H,22,23). The highest BCUT2D eigenvalue weighted by Crippen LogP contribution is 2.29. The number of rotatable bonds is 4. The van der Waals surface area contributed by atoms with E-state index in [0.717, 1.165) is 5.56 Å². The normalized spacial score (nSPS) is 10.6. The fourth-order valence-electron chi connectivity index (χ4n) is 2.27. The summed E-state index contributed by atoms with van der Waals surface area (Å²) < 4.78 is 19.0. The van der Waals surface area contributed by atoms with Gasteiger partial charge < -0.3 is 10.1 Å². The number of ether oxygens (including phenoxy) is 1. The smallest absolute Gasteiger partial charge is 0.273 e. The molecule has 2 N–H and O–H groups in total. The fourth-order valence-corrected chi connectivity index (χ4v) is 2.53. The van der Waals surface area contributed by atoms with E-state index < -0.39 is 11.7 Å². The summed E-state index contributed by atoms with van der Waals surface area (Å²) in [4.78, 5) is 16.4. The van der Waals surface area contributed by atoms with Crippen molar-refractivity contribution in [2.75, 3.05) is 12.4 Å². The minimum Gasteiger partial charge on any atom is -0.481 e. The summed E-state index contributed by atoms with van der Waals surface area (Å²) in [6.45, 7) is 1.82. The molecule has 0 bridgehead atoms. The van der Waals surface area contributed by atoms with Crippen LogP contribution in [-0.2, 0) is 0 Å². The molecule has 0 atom stereocenters. The number of methoxy groups -OCH3 is 1. The van der Waals surface area contributed by atoms with Crippen molar-refractivity contribution < 1.29 is 13.9 Å². The molecule has 0 saturated carbocycles. The van der Waals surface area contributed by atoms with Crippen LogP contribution < -0.4 is 10.1 Å². The molecule has 2 aromatic heterocycles. The first kappa shape index (κ1) is 16.9. The fraction of sp³-hybridized carbons (Fsp3) is 0.118. The van der Waals surface area contributed by atoms with E-state index >= 15 is 0 Å². The summed E-state index contributed by atoms with van der Waals surface area (Å²) in [5.41, 5.74) is 1.88. The third kappa shape index (κ3) is 3.46. The number of benzene rings is 1. The predicted octanol–water partition coefficient (Wildman–Crippen LogP) is 3.83. The van der Waals surface area contributed by atoms with E-state index in [0.29, 0.717) is 11.6 Å². The highest BCUT2D eigenvalue weighted by Gasteiger charge is 2.17. The minimum atomic E-state index is -0.513. The van der Waals surface area contributed by atoms with Gasteiger partial charge in [-0.15, -0.1) is 0 Å². The summed E-state index contributed by atoms with van der Waals surface area (Å²) in [5.74, 6) is -0.490. The van der Waals surface area contributed by atoms with E-state index in [2.05, 4.69) is 20.5 Å². The topological polar surface area (TPSA) is 79.9 Å². The Hall–Kier alpha value is -2.93. The van der Waals surface area contributed by atoms with Crippen LogP contribution in [0.2, 0.25) is 5.02 Å². The summed E-state index contributed by atoms with van der Waals surface area (Å²) in [7, 11) is 1.51. The zero-order valence-corrected chi connectivity index (χ0v) is 14.2. The largest absolute Gasteiger partial charge is 0.481 e. The number of aromatic amines is 1. The lowest BCUT2D eigenvalue weighted by atomic mass is 10.1. The Morgan fingerprint density at radius 3 is 2.84 bits per heavy atom. The SMILES string of the molecule is COc1cc(C)c(NC(=O)c2cc(-c3c(F)cccc3Cl)n[nH]2)cn1. The van der Waals surface area contributed by atoms with Crippen molar-refractivity contribution in [2.24, 2.45) is 0 Å². The number of nitrogens with zero attached hydrogens (tertiary/aromatic N) is 2. The average molecular weight is 361 g/mol. The Labute approximate surface area is 148 Å². The van der Waals surface area contributed by atoms with Gasteiger partial charge in [0.15, 0.2) is 0 Å². The Bertz CT molecular complexity index is 922. The van der Waals surface area contributed by atoms with E-state index in [-0.39, 0.29) is 22.0 Å². The summed E-state index contributed by atoms with van der Waals surface area (Å²) in [6.07, 6.45) is 1.50. The number of aryl methyl sites for hydroxylation is 1. The minimum absolute atomic E-state index is 0.141. The van der Waals surface area contributed by atoms with Gasteiger partial charge >= 0.3 is 0 Å². The number of pyridine rings is 1. The third-order valence-electron chi connectivity index (χ3n) is 3.58. The van der Waals surface area contributed by atoms with Crippen LogP contribution in [0.1, 0.15) is 16.1 Å². The van der Waals surface area contributed by atoms with Gasteiger partial charge in [0.05, 0.1) is 35.3 Å². The molecule has 25 heavy (non-hydrogen) atoms. The molecule has 2 heterocycles. The van der Waals surface area contributed by atoms with Gasteiger partial charge in [0, 0.05) is 6.07 Å². The van der Waals surface area contributed by atoms with Gasteiger partial charge in [-0.25, -0.2) is 9.37 Å². The quantitative estimate of drug-likeness (QED) is 0.741. The van der Waals surface area contributed by atoms with Crippen molar-refractivity contribution in [1.29, 1.82) is 0 Å². The number of amides is 1. The Morgan fingerprint density at radius 2 is 2.16 bits per heavy atom. The van der Waals surface area contributed by atoms with E-state index in [1.807, 2.05) is 6.92 Å². The van der Waals surface area contributed by atoms with Crippen LogP contribution in [-0.4, -0.2) is 28.2 Å². The number of halogens is 2. The lowest BCUT2D eigenvalue weighted by Gasteiger charge is -2.08. The number of carbonyl (C=O) groups excluding carboxylic acids is 1. The highest BCUT2D eigenvalue weighted by atomic mass is 35.5. The molecule has 0 unspecified atom stereocenters. The molecule has 8 heteroatoms. The first-order valence-corrected chi connectivity index (χ1v) is 7.69. The van der Waals surface area contributed by atoms with E-state index in [9.17, 15) is 9.18 Å². The number of carbonyl (C=O) groups is 1. The van der Waals surface area contributed by atoms with Crippen LogP contribution >= 0.6 is 11.6 Å². The number of H-pyrrole nitrogens is 1. The molecule has 0 spiro atoms. The maximum absolute atomic E-state index is 14.0. The summed E-state index contributed by atoms with van der Waals surface area (Å²) >= 11 is 6.02.